The van der Waals surface area contributed by atoms with Crippen molar-refractivity contribution >= 4 is 22.6 Å². The van der Waals surface area contributed by atoms with E-state index in [1.54, 1.807) is 18.2 Å². The zero-order valence-corrected chi connectivity index (χ0v) is 10.2. The molecule has 3 aromatic rings. The van der Waals surface area contributed by atoms with Gasteiger partial charge in [-0.1, -0.05) is 6.07 Å². The van der Waals surface area contributed by atoms with Crippen molar-refractivity contribution in [1.29, 1.82) is 0 Å². The molecule has 3 rings (SSSR count). The molecule has 0 spiro atoms. The van der Waals surface area contributed by atoms with E-state index in [-0.39, 0.29) is 16.9 Å². The molecular weight excluding hydrogens is 260 g/mol. The van der Waals surface area contributed by atoms with Crippen molar-refractivity contribution in [3.8, 4) is 0 Å². The number of imidazole rings is 1. The summed E-state index contributed by atoms with van der Waals surface area (Å²) < 4.78 is 0. The predicted octanol–water partition coefficient (Wildman–Crippen LogP) is 0.797. The highest BCUT2D eigenvalue weighted by Gasteiger charge is 2.07. The number of carbonyl (C=O) groups excluding carboxylic acids is 1. The Kier molecular flexibility index (Phi) is 2.72. The van der Waals surface area contributed by atoms with Gasteiger partial charge in [0.05, 0.1) is 11.0 Å². The lowest BCUT2D eigenvalue weighted by atomic mass is 10.2. The van der Waals surface area contributed by atoms with E-state index in [0.717, 1.165) is 0 Å². The number of aromatic nitrogens is 3. The summed E-state index contributed by atoms with van der Waals surface area (Å²) >= 11 is 0. The highest BCUT2D eigenvalue weighted by atomic mass is 16.2. The summed E-state index contributed by atoms with van der Waals surface area (Å²) in [7, 11) is 0. The van der Waals surface area contributed by atoms with Gasteiger partial charge in [-0.3, -0.25) is 9.59 Å². The Morgan fingerprint density at radius 3 is 2.55 bits per heavy atom. The van der Waals surface area contributed by atoms with Crippen molar-refractivity contribution in [2.24, 2.45) is 0 Å². The van der Waals surface area contributed by atoms with Crippen LogP contribution in [0.15, 0.2) is 46.0 Å². The molecule has 0 aliphatic heterocycles. The van der Waals surface area contributed by atoms with Gasteiger partial charge in [0, 0.05) is 11.8 Å². The second-order valence-corrected chi connectivity index (χ2v) is 4.22. The number of benzene rings is 1. The molecule has 0 fully saturated rings. The Balaban J connectivity index is 1.90. The molecule has 1 aromatic carbocycles. The molecule has 0 aliphatic rings. The maximum absolute atomic E-state index is 11.9. The van der Waals surface area contributed by atoms with E-state index >= 15 is 0 Å². The van der Waals surface area contributed by atoms with E-state index in [0.29, 0.717) is 16.7 Å². The quantitative estimate of drug-likeness (QED) is 0.552. The topological polar surface area (TPSA) is 111 Å². The van der Waals surface area contributed by atoms with Gasteiger partial charge in [-0.05, 0) is 24.3 Å². The van der Waals surface area contributed by atoms with Gasteiger partial charge in [0.2, 0.25) is 5.56 Å². The summed E-state index contributed by atoms with van der Waals surface area (Å²) in [5.74, 6) is -0.431. The zero-order chi connectivity index (χ0) is 14.1. The van der Waals surface area contributed by atoms with Gasteiger partial charge in [-0.15, -0.1) is 0 Å². The SMILES string of the molecule is O=C(Nc1ccc2[nH]c(=O)[nH]c2c1)c1cccc(=O)[nH]1. The first-order valence-electron chi connectivity index (χ1n) is 5.84. The molecule has 0 saturated heterocycles. The third kappa shape index (κ3) is 2.24. The molecule has 0 radical (unpaired) electrons. The minimum absolute atomic E-state index is 0.167. The van der Waals surface area contributed by atoms with Gasteiger partial charge in [-0.25, -0.2) is 4.79 Å². The summed E-state index contributed by atoms with van der Waals surface area (Å²) in [4.78, 5) is 41.9. The predicted molar refractivity (Wildman–Crippen MR) is 73.9 cm³/mol. The van der Waals surface area contributed by atoms with Gasteiger partial charge in [-0.2, -0.15) is 0 Å². The fraction of sp³-hybridized carbons (Fsp3) is 0. The summed E-state index contributed by atoms with van der Waals surface area (Å²) in [5.41, 5.74) is 1.28. The molecule has 7 heteroatoms. The highest BCUT2D eigenvalue weighted by Crippen LogP contribution is 2.15. The van der Waals surface area contributed by atoms with Gasteiger partial charge in [0.25, 0.3) is 5.91 Å². The normalized spacial score (nSPS) is 10.6. The van der Waals surface area contributed by atoms with Crippen LogP contribution in [0.25, 0.3) is 11.0 Å². The summed E-state index contributed by atoms with van der Waals surface area (Å²) in [6.45, 7) is 0. The first-order valence-corrected chi connectivity index (χ1v) is 5.84. The van der Waals surface area contributed by atoms with Gasteiger partial charge in [0.15, 0.2) is 0 Å². The lowest BCUT2D eigenvalue weighted by Gasteiger charge is -2.04. The Hall–Kier alpha value is -3.09. The van der Waals surface area contributed by atoms with Crippen LogP contribution in [-0.4, -0.2) is 20.9 Å². The molecule has 100 valence electrons. The van der Waals surface area contributed by atoms with Crippen LogP contribution in [0.4, 0.5) is 5.69 Å². The molecule has 7 nitrogen and oxygen atoms in total. The number of aromatic amines is 3. The molecule has 2 aromatic heterocycles. The molecule has 0 unspecified atom stereocenters. The summed E-state index contributed by atoms with van der Waals surface area (Å²) in [5, 5.41) is 2.64. The second-order valence-electron chi connectivity index (χ2n) is 4.22. The molecule has 0 atom stereocenters. The largest absolute Gasteiger partial charge is 0.323 e. The molecule has 4 N–H and O–H groups in total. The molecule has 1 amide bonds. The molecule has 0 bridgehead atoms. The first-order chi connectivity index (χ1) is 9.61. The zero-order valence-electron chi connectivity index (χ0n) is 10.2. The van der Waals surface area contributed by atoms with Crippen LogP contribution >= 0.6 is 0 Å². The van der Waals surface area contributed by atoms with Crippen molar-refractivity contribution in [1.82, 2.24) is 15.0 Å². The van der Waals surface area contributed by atoms with Crippen molar-refractivity contribution in [3.63, 3.8) is 0 Å². The number of carbonyl (C=O) groups is 1. The minimum Gasteiger partial charge on any atom is -0.321 e. The van der Waals surface area contributed by atoms with E-state index in [9.17, 15) is 14.4 Å². The number of rotatable bonds is 2. The molecular formula is C13H10N4O3. The Morgan fingerprint density at radius 1 is 0.950 bits per heavy atom. The van der Waals surface area contributed by atoms with Crippen LogP contribution in [0.3, 0.4) is 0 Å². The number of fused-ring (bicyclic) bond motifs is 1. The molecule has 0 saturated carbocycles. The van der Waals surface area contributed by atoms with Crippen LogP contribution in [-0.2, 0) is 0 Å². The van der Waals surface area contributed by atoms with Crippen LogP contribution in [0, 0.1) is 0 Å². The highest BCUT2D eigenvalue weighted by molar-refractivity contribution is 6.03. The maximum atomic E-state index is 11.9. The third-order valence-electron chi connectivity index (χ3n) is 2.79. The standard InChI is InChI=1S/C13H10N4O3/c18-11-3-1-2-9(15-11)12(19)14-7-4-5-8-10(6-7)17-13(20)16-8/h1-6H,(H,14,19)(H,15,18)(H2,16,17,20). The second kappa shape index (κ2) is 4.54. The monoisotopic (exact) mass is 270 g/mol. The van der Waals surface area contributed by atoms with Gasteiger partial charge in [0.1, 0.15) is 5.69 Å². The summed E-state index contributed by atoms with van der Waals surface area (Å²) in [6.07, 6.45) is 0. The number of hydrogen-bond donors (Lipinski definition) is 4. The molecule has 0 aliphatic carbocycles. The van der Waals surface area contributed by atoms with Crippen molar-refractivity contribution in [3.05, 3.63) is 62.9 Å². The Bertz CT molecular complexity index is 903. The number of nitrogens with one attached hydrogen (secondary N) is 4. The van der Waals surface area contributed by atoms with E-state index in [1.807, 2.05) is 0 Å². The van der Waals surface area contributed by atoms with Gasteiger partial charge >= 0.3 is 5.69 Å². The fourth-order valence-electron chi connectivity index (χ4n) is 1.89. The molecule has 20 heavy (non-hydrogen) atoms. The first kappa shape index (κ1) is 12.0. The van der Waals surface area contributed by atoms with Crippen molar-refractivity contribution in [2.75, 3.05) is 5.32 Å². The van der Waals surface area contributed by atoms with E-state index in [4.69, 9.17) is 0 Å². The number of amides is 1. The van der Waals surface area contributed by atoms with Crippen molar-refractivity contribution < 1.29 is 4.79 Å². The lowest BCUT2D eigenvalue weighted by Crippen LogP contribution is -2.17. The van der Waals surface area contributed by atoms with Crippen molar-refractivity contribution in [2.45, 2.75) is 0 Å². The lowest BCUT2D eigenvalue weighted by molar-refractivity contribution is 0.102. The fourth-order valence-corrected chi connectivity index (χ4v) is 1.89. The number of pyridine rings is 1. The summed E-state index contributed by atoms with van der Waals surface area (Å²) in [6, 6.07) is 9.30. The number of H-pyrrole nitrogens is 3. The third-order valence-corrected chi connectivity index (χ3v) is 2.79. The van der Waals surface area contributed by atoms with E-state index in [1.165, 1.54) is 18.2 Å². The number of anilines is 1. The van der Waals surface area contributed by atoms with Crippen LogP contribution in [0.1, 0.15) is 10.5 Å². The Morgan fingerprint density at radius 2 is 1.75 bits per heavy atom. The van der Waals surface area contributed by atoms with E-state index < -0.39 is 5.91 Å². The maximum Gasteiger partial charge on any atom is 0.323 e. The van der Waals surface area contributed by atoms with Gasteiger partial charge < -0.3 is 20.3 Å². The van der Waals surface area contributed by atoms with Crippen LogP contribution < -0.4 is 16.6 Å². The van der Waals surface area contributed by atoms with E-state index in [2.05, 4.69) is 20.3 Å². The molecule has 2 heterocycles. The average molecular weight is 270 g/mol. The Labute approximate surface area is 111 Å². The van der Waals surface area contributed by atoms with Crippen LogP contribution in [0.2, 0.25) is 0 Å². The average Bonchev–Trinajstić information content (AvgIpc) is 2.78. The number of hydrogen-bond acceptors (Lipinski definition) is 3. The van der Waals surface area contributed by atoms with Crippen LogP contribution in [0.5, 0.6) is 0 Å². The minimum atomic E-state index is -0.431. The smallest absolute Gasteiger partial charge is 0.321 e.